The van der Waals surface area contributed by atoms with E-state index in [2.05, 4.69) is 22.2 Å². The van der Waals surface area contributed by atoms with Gasteiger partial charge in [-0.1, -0.05) is 12.1 Å². The molecular formula is C30H36FN5O5. The summed E-state index contributed by atoms with van der Waals surface area (Å²) in [5, 5.41) is 23.5. The van der Waals surface area contributed by atoms with Crippen molar-refractivity contribution >= 4 is 17.7 Å². The average molecular weight is 566 g/mol. The quantitative estimate of drug-likeness (QED) is 0.404. The molecule has 2 fully saturated rings. The third-order valence-corrected chi connectivity index (χ3v) is 7.76. The third-order valence-electron chi connectivity index (χ3n) is 7.76. The summed E-state index contributed by atoms with van der Waals surface area (Å²) in [4.78, 5) is 40.6. The number of nitriles is 1. The Balaban J connectivity index is 1.52. The Hall–Kier alpha value is -4.01. The maximum absolute atomic E-state index is 14.1. The summed E-state index contributed by atoms with van der Waals surface area (Å²) in [5.74, 6) is -1.33. The predicted molar refractivity (Wildman–Crippen MR) is 148 cm³/mol. The first-order valence-corrected chi connectivity index (χ1v) is 13.6. The first-order chi connectivity index (χ1) is 19.3. The van der Waals surface area contributed by atoms with Crippen molar-refractivity contribution in [3.63, 3.8) is 0 Å². The number of rotatable bonds is 7. The molecule has 0 aliphatic carbocycles. The van der Waals surface area contributed by atoms with Crippen molar-refractivity contribution < 1.29 is 28.6 Å². The summed E-state index contributed by atoms with van der Waals surface area (Å²) in [6, 6.07) is 10.1. The van der Waals surface area contributed by atoms with E-state index >= 15 is 0 Å². The van der Waals surface area contributed by atoms with Crippen LogP contribution in [0.4, 0.5) is 4.39 Å². The Kier molecular flexibility index (Phi) is 8.66. The molecule has 0 bridgehead atoms. The second kappa shape index (κ2) is 11.8. The lowest BCUT2D eigenvalue weighted by atomic mass is 9.84. The number of hydrazine groups is 1. The van der Waals surface area contributed by atoms with Gasteiger partial charge in [-0.25, -0.2) is 9.82 Å². The van der Waals surface area contributed by atoms with Crippen LogP contribution in [0, 0.1) is 29.5 Å². The lowest BCUT2D eigenvalue weighted by molar-refractivity contribution is -0.138. The molecule has 0 saturated carbocycles. The fourth-order valence-corrected chi connectivity index (χ4v) is 5.44. The van der Waals surface area contributed by atoms with Crippen LogP contribution >= 0.6 is 0 Å². The minimum Gasteiger partial charge on any atom is -0.480 e. The monoisotopic (exact) mass is 565 g/mol. The highest BCUT2D eigenvalue weighted by Crippen LogP contribution is 2.43. The molecule has 2 aliphatic heterocycles. The Bertz CT molecular complexity index is 1380. The van der Waals surface area contributed by atoms with E-state index in [-0.39, 0.29) is 23.9 Å². The summed E-state index contributed by atoms with van der Waals surface area (Å²) < 4.78 is 20.0. The Morgan fingerprint density at radius 3 is 2.63 bits per heavy atom. The van der Waals surface area contributed by atoms with Crippen LogP contribution in [0.1, 0.15) is 68.1 Å². The average Bonchev–Trinajstić information content (AvgIpc) is 3.29. The molecule has 0 spiro atoms. The second-order valence-electron chi connectivity index (χ2n) is 11.4. The summed E-state index contributed by atoms with van der Waals surface area (Å²) in [7, 11) is 0. The Morgan fingerprint density at radius 2 is 1.98 bits per heavy atom. The molecule has 4 N–H and O–H groups in total. The first kappa shape index (κ1) is 30.0. The van der Waals surface area contributed by atoms with Crippen molar-refractivity contribution in [3.8, 4) is 11.8 Å². The number of amides is 3. The minimum atomic E-state index is -1.03. The van der Waals surface area contributed by atoms with Crippen molar-refractivity contribution in [1.29, 1.82) is 5.26 Å². The maximum atomic E-state index is 14.1. The molecule has 4 rings (SSSR count). The standard InChI is InChI=1S/C30H36FN5O5/c1-16-11-20(9-10-23(16)41-24-12-17(2)34-35-28(24)39)27(38)33-18(3)29(40)36-25(30(4,5)15-32)14-22(37)26(36)19-7-6-8-21(31)13-19/h6-11,13,17-18,22,24-26,34,37H,12,14H2,1-5H3,(H,33,38)(H,35,39)/t17?,18-,22-,24?,25-,26-/m1/s1. The number of nitrogens with zero attached hydrogens (tertiary/aromatic N) is 2. The number of aryl methyl sites for hydroxylation is 1. The van der Waals surface area contributed by atoms with E-state index in [0.29, 0.717) is 23.3 Å². The zero-order chi connectivity index (χ0) is 30.1. The lowest BCUT2D eigenvalue weighted by Crippen LogP contribution is -2.56. The third kappa shape index (κ3) is 6.34. The fraction of sp³-hybridized carbons (Fsp3) is 0.467. The van der Waals surface area contributed by atoms with Crippen LogP contribution in [-0.2, 0) is 9.59 Å². The number of aliphatic hydroxyl groups excluding tert-OH is 1. The van der Waals surface area contributed by atoms with Gasteiger partial charge in [-0.2, -0.15) is 5.26 Å². The second-order valence-corrected chi connectivity index (χ2v) is 11.4. The number of aliphatic hydroxyl groups is 1. The van der Waals surface area contributed by atoms with Crippen molar-refractivity contribution in [1.82, 2.24) is 21.1 Å². The van der Waals surface area contributed by atoms with Crippen molar-refractivity contribution in [2.75, 3.05) is 0 Å². The highest BCUT2D eigenvalue weighted by molar-refractivity contribution is 5.98. The molecule has 2 aliphatic rings. The number of nitrogens with one attached hydrogen (secondary N) is 3. The fourth-order valence-electron chi connectivity index (χ4n) is 5.44. The Morgan fingerprint density at radius 1 is 1.24 bits per heavy atom. The van der Waals surface area contributed by atoms with Crippen LogP contribution in [0.3, 0.4) is 0 Å². The van der Waals surface area contributed by atoms with E-state index in [4.69, 9.17) is 4.74 Å². The molecule has 0 radical (unpaired) electrons. The number of hydrogen-bond donors (Lipinski definition) is 4. The lowest BCUT2D eigenvalue weighted by Gasteiger charge is -2.38. The van der Waals surface area contributed by atoms with Gasteiger partial charge < -0.3 is 20.1 Å². The molecule has 0 aromatic heterocycles. The van der Waals surface area contributed by atoms with E-state index in [9.17, 15) is 29.1 Å². The predicted octanol–water partition coefficient (Wildman–Crippen LogP) is 2.67. The molecule has 2 aromatic rings. The van der Waals surface area contributed by atoms with Crippen molar-refractivity contribution in [3.05, 3.63) is 65.0 Å². The molecule has 3 amide bonds. The molecule has 6 atom stereocenters. The van der Waals surface area contributed by atoms with Crippen LogP contribution in [0.2, 0.25) is 0 Å². The number of halogens is 1. The molecule has 11 heteroatoms. The molecule has 10 nitrogen and oxygen atoms in total. The van der Waals surface area contributed by atoms with Gasteiger partial charge in [-0.05, 0) is 82.5 Å². The minimum absolute atomic E-state index is 0.0395. The first-order valence-electron chi connectivity index (χ1n) is 13.6. The van der Waals surface area contributed by atoms with E-state index in [1.54, 1.807) is 45.0 Å². The van der Waals surface area contributed by atoms with Crippen LogP contribution in [-0.4, -0.2) is 58.1 Å². The van der Waals surface area contributed by atoms with Gasteiger partial charge >= 0.3 is 0 Å². The van der Waals surface area contributed by atoms with Gasteiger partial charge in [0.05, 0.1) is 29.7 Å². The van der Waals surface area contributed by atoms with Gasteiger partial charge in [0, 0.05) is 18.0 Å². The summed E-state index contributed by atoms with van der Waals surface area (Å²) in [5.41, 5.74) is 5.75. The summed E-state index contributed by atoms with van der Waals surface area (Å²) in [6.07, 6.45) is -1.09. The number of likely N-dealkylation sites (tertiary alicyclic amines) is 1. The van der Waals surface area contributed by atoms with Crippen molar-refractivity contribution in [2.45, 2.75) is 83.8 Å². The number of carbonyl (C=O) groups is 3. The van der Waals surface area contributed by atoms with E-state index in [1.165, 1.54) is 30.0 Å². The summed E-state index contributed by atoms with van der Waals surface area (Å²) >= 11 is 0. The van der Waals surface area contributed by atoms with Gasteiger partial charge in [0.2, 0.25) is 5.91 Å². The number of benzene rings is 2. The zero-order valence-electron chi connectivity index (χ0n) is 23.8. The van der Waals surface area contributed by atoms with Gasteiger partial charge in [0.1, 0.15) is 17.6 Å². The number of ether oxygens (including phenoxy) is 1. The van der Waals surface area contributed by atoms with Crippen LogP contribution in [0.5, 0.6) is 5.75 Å². The molecule has 2 unspecified atom stereocenters. The highest BCUT2D eigenvalue weighted by Gasteiger charge is 2.51. The van der Waals surface area contributed by atoms with Crippen LogP contribution in [0.25, 0.3) is 0 Å². The molecule has 218 valence electrons. The number of hydrogen-bond acceptors (Lipinski definition) is 7. The van der Waals surface area contributed by atoms with Gasteiger partial charge in [0.25, 0.3) is 11.8 Å². The van der Waals surface area contributed by atoms with Crippen LogP contribution < -0.4 is 20.9 Å². The number of carbonyl (C=O) groups excluding carboxylic acids is 3. The van der Waals surface area contributed by atoms with Gasteiger partial charge in [0.15, 0.2) is 6.10 Å². The van der Waals surface area contributed by atoms with E-state index in [1.807, 2.05) is 6.92 Å². The van der Waals surface area contributed by atoms with Gasteiger partial charge in [-0.15, -0.1) is 0 Å². The van der Waals surface area contributed by atoms with E-state index < -0.39 is 53.4 Å². The zero-order valence-corrected chi connectivity index (χ0v) is 23.8. The van der Waals surface area contributed by atoms with Crippen molar-refractivity contribution in [2.24, 2.45) is 5.41 Å². The summed E-state index contributed by atoms with van der Waals surface area (Å²) in [6.45, 7) is 8.58. The molecule has 2 aromatic carbocycles. The van der Waals surface area contributed by atoms with Crippen LogP contribution in [0.15, 0.2) is 42.5 Å². The molecule has 41 heavy (non-hydrogen) atoms. The van der Waals surface area contributed by atoms with Gasteiger partial charge in [-0.3, -0.25) is 19.8 Å². The molecular weight excluding hydrogens is 529 g/mol. The molecule has 2 heterocycles. The SMILES string of the molecule is Cc1cc(C(=O)N[C@H](C)C(=O)N2[C@H](c3cccc(F)c3)[C@H](O)C[C@@H]2C(C)(C)C#N)ccc1OC1CC(C)NNC1=O. The Labute approximate surface area is 238 Å². The highest BCUT2D eigenvalue weighted by atomic mass is 19.1. The largest absolute Gasteiger partial charge is 0.480 e. The van der Waals surface area contributed by atoms with E-state index in [0.717, 1.165) is 0 Å². The normalized spacial score (nSPS) is 25.2. The molecule has 2 saturated heterocycles. The smallest absolute Gasteiger partial charge is 0.275 e. The topological polar surface area (TPSA) is 144 Å². The maximum Gasteiger partial charge on any atom is 0.275 e.